The van der Waals surface area contributed by atoms with Crippen LogP contribution in [-0.2, 0) is 0 Å². The minimum Gasteiger partial charge on any atom is -0.308 e. The molecule has 18 heavy (non-hydrogen) atoms. The van der Waals surface area contributed by atoms with Crippen LogP contribution in [0.15, 0.2) is 30.3 Å². The predicted octanol–water partition coefficient (Wildman–Crippen LogP) is 2.23. The molecule has 0 unspecified atom stereocenters. The highest BCUT2D eigenvalue weighted by Gasteiger charge is 2.04. The van der Waals surface area contributed by atoms with Crippen LogP contribution < -0.4 is 10.6 Å². The maximum absolute atomic E-state index is 11.6. The highest BCUT2D eigenvalue weighted by atomic mass is 16.2. The van der Waals surface area contributed by atoms with Crippen LogP contribution >= 0.6 is 0 Å². The van der Waals surface area contributed by atoms with Gasteiger partial charge in [0.15, 0.2) is 5.82 Å². The predicted molar refractivity (Wildman–Crippen MR) is 67.1 cm³/mol. The second-order valence-corrected chi connectivity index (χ2v) is 3.70. The van der Waals surface area contributed by atoms with Crippen molar-refractivity contribution in [3.8, 4) is 6.07 Å². The molecular formula is C12H11N5O. The van der Waals surface area contributed by atoms with Crippen molar-refractivity contribution in [2.24, 2.45) is 0 Å². The first kappa shape index (κ1) is 11.7. The monoisotopic (exact) mass is 241 g/mol. The number of aryl methyl sites for hydroxylation is 1. The second kappa shape index (κ2) is 5.01. The van der Waals surface area contributed by atoms with Crippen LogP contribution in [0, 0.1) is 18.3 Å². The van der Waals surface area contributed by atoms with E-state index < -0.39 is 0 Å². The highest BCUT2D eigenvalue weighted by Crippen LogP contribution is 2.10. The van der Waals surface area contributed by atoms with E-state index in [-0.39, 0.29) is 6.03 Å². The first-order valence-electron chi connectivity index (χ1n) is 5.27. The summed E-state index contributed by atoms with van der Waals surface area (Å²) in [6.07, 6.45) is 0. The molecule has 0 aliphatic heterocycles. The first-order chi connectivity index (χ1) is 8.67. The lowest BCUT2D eigenvalue weighted by Gasteiger charge is -2.04. The van der Waals surface area contributed by atoms with Crippen LogP contribution in [0.1, 0.15) is 11.3 Å². The summed E-state index contributed by atoms with van der Waals surface area (Å²) in [5, 5.41) is 20.5. The van der Waals surface area contributed by atoms with Crippen molar-refractivity contribution in [2.75, 3.05) is 10.6 Å². The lowest BCUT2D eigenvalue weighted by molar-refractivity contribution is 0.262. The summed E-state index contributed by atoms with van der Waals surface area (Å²) >= 11 is 0. The topological polar surface area (TPSA) is 93.6 Å². The highest BCUT2D eigenvalue weighted by molar-refractivity contribution is 5.99. The molecule has 6 nitrogen and oxygen atoms in total. The van der Waals surface area contributed by atoms with Gasteiger partial charge in [0.2, 0.25) is 0 Å². The molecule has 0 radical (unpaired) electrons. The molecule has 0 bridgehead atoms. The molecule has 0 aliphatic rings. The molecule has 6 heteroatoms. The van der Waals surface area contributed by atoms with Gasteiger partial charge >= 0.3 is 6.03 Å². The van der Waals surface area contributed by atoms with Gasteiger partial charge in [-0.1, -0.05) is 0 Å². The largest absolute Gasteiger partial charge is 0.324 e. The average molecular weight is 241 g/mol. The average Bonchev–Trinajstić information content (AvgIpc) is 2.75. The number of carbonyl (C=O) groups is 1. The van der Waals surface area contributed by atoms with Gasteiger partial charge in [-0.15, -0.1) is 0 Å². The van der Waals surface area contributed by atoms with Gasteiger partial charge in [-0.2, -0.15) is 10.4 Å². The quantitative estimate of drug-likeness (QED) is 0.752. The molecular weight excluding hydrogens is 230 g/mol. The van der Waals surface area contributed by atoms with E-state index in [9.17, 15) is 4.79 Å². The lowest BCUT2D eigenvalue weighted by Crippen LogP contribution is -2.19. The van der Waals surface area contributed by atoms with E-state index >= 15 is 0 Å². The van der Waals surface area contributed by atoms with Crippen LogP contribution in [0.5, 0.6) is 0 Å². The molecule has 1 heterocycles. The molecule has 0 spiro atoms. The molecule has 0 atom stereocenters. The number of urea groups is 1. The number of anilines is 2. The molecule has 3 N–H and O–H groups in total. The Morgan fingerprint density at radius 1 is 1.33 bits per heavy atom. The zero-order valence-corrected chi connectivity index (χ0v) is 9.69. The van der Waals surface area contributed by atoms with E-state index in [0.717, 1.165) is 5.69 Å². The van der Waals surface area contributed by atoms with Crippen molar-refractivity contribution in [2.45, 2.75) is 6.92 Å². The minimum atomic E-state index is -0.383. The second-order valence-electron chi connectivity index (χ2n) is 3.70. The van der Waals surface area contributed by atoms with Crippen LogP contribution in [0.25, 0.3) is 0 Å². The van der Waals surface area contributed by atoms with Gasteiger partial charge in [-0.25, -0.2) is 4.79 Å². The summed E-state index contributed by atoms with van der Waals surface area (Å²) in [7, 11) is 0. The fourth-order valence-electron chi connectivity index (χ4n) is 1.39. The molecule has 0 fully saturated rings. The zero-order valence-electron chi connectivity index (χ0n) is 9.69. The number of nitrogens with one attached hydrogen (secondary N) is 3. The number of amides is 2. The third kappa shape index (κ3) is 2.86. The number of benzene rings is 1. The Balaban J connectivity index is 1.96. The Hall–Kier alpha value is -2.81. The molecule has 2 amide bonds. The fourth-order valence-corrected chi connectivity index (χ4v) is 1.39. The fraction of sp³-hybridized carbons (Fsp3) is 0.0833. The number of nitrogens with zero attached hydrogens (tertiary/aromatic N) is 2. The Labute approximate surface area is 104 Å². The zero-order chi connectivity index (χ0) is 13.0. The summed E-state index contributed by atoms with van der Waals surface area (Å²) in [6, 6.07) is 9.93. The van der Waals surface area contributed by atoms with Crippen LogP contribution in [0.2, 0.25) is 0 Å². The van der Waals surface area contributed by atoms with E-state index in [1.54, 1.807) is 30.3 Å². The maximum Gasteiger partial charge on any atom is 0.324 e. The van der Waals surface area contributed by atoms with E-state index in [2.05, 4.69) is 20.8 Å². The van der Waals surface area contributed by atoms with Crippen molar-refractivity contribution >= 4 is 17.5 Å². The molecule has 2 rings (SSSR count). The van der Waals surface area contributed by atoms with Gasteiger partial charge in [0.1, 0.15) is 0 Å². The summed E-state index contributed by atoms with van der Waals surface area (Å²) in [4.78, 5) is 11.6. The van der Waals surface area contributed by atoms with Crippen molar-refractivity contribution in [3.63, 3.8) is 0 Å². The summed E-state index contributed by atoms with van der Waals surface area (Å²) in [5.41, 5.74) is 2.02. The Morgan fingerprint density at radius 2 is 2.06 bits per heavy atom. The van der Waals surface area contributed by atoms with Crippen molar-refractivity contribution in [1.82, 2.24) is 10.2 Å². The standard InChI is InChI=1S/C12H11N5O/c1-8-6-11(17-16-8)15-12(18)14-10-4-2-9(7-13)3-5-10/h2-6H,1H3,(H3,14,15,16,17,18). The van der Waals surface area contributed by atoms with Crippen molar-refractivity contribution in [1.29, 1.82) is 5.26 Å². The number of aromatic nitrogens is 2. The number of H-pyrrole nitrogens is 1. The van der Waals surface area contributed by atoms with Gasteiger partial charge in [-0.3, -0.25) is 10.4 Å². The van der Waals surface area contributed by atoms with E-state index in [0.29, 0.717) is 17.1 Å². The number of rotatable bonds is 2. The number of nitriles is 1. The normalized spacial score (nSPS) is 9.56. The Kier molecular flexibility index (Phi) is 3.25. The summed E-state index contributed by atoms with van der Waals surface area (Å²) < 4.78 is 0. The number of carbonyl (C=O) groups excluding carboxylic acids is 1. The molecule has 0 saturated heterocycles. The molecule has 90 valence electrons. The molecule has 1 aromatic heterocycles. The smallest absolute Gasteiger partial charge is 0.308 e. The van der Waals surface area contributed by atoms with E-state index in [4.69, 9.17) is 5.26 Å². The van der Waals surface area contributed by atoms with Crippen LogP contribution in [0.4, 0.5) is 16.3 Å². The van der Waals surface area contributed by atoms with Gasteiger partial charge in [-0.05, 0) is 31.2 Å². The third-order valence-electron chi connectivity index (χ3n) is 2.22. The molecule has 0 saturated carbocycles. The minimum absolute atomic E-state index is 0.383. The first-order valence-corrected chi connectivity index (χ1v) is 5.27. The third-order valence-corrected chi connectivity index (χ3v) is 2.22. The van der Waals surface area contributed by atoms with Gasteiger partial charge in [0.05, 0.1) is 11.6 Å². The maximum atomic E-state index is 11.6. The Bertz CT molecular complexity index is 594. The van der Waals surface area contributed by atoms with E-state index in [1.807, 2.05) is 13.0 Å². The van der Waals surface area contributed by atoms with Crippen LogP contribution in [-0.4, -0.2) is 16.2 Å². The summed E-state index contributed by atoms with van der Waals surface area (Å²) in [5.74, 6) is 0.457. The number of hydrogen-bond acceptors (Lipinski definition) is 3. The molecule has 1 aromatic carbocycles. The Morgan fingerprint density at radius 3 is 2.61 bits per heavy atom. The van der Waals surface area contributed by atoms with Gasteiger partial charge in [0, 0.05) is 17.4 Å². The number of hydrogen-bond donors (Lipinski definition) is 3. The van der Waals surface area contributed by atoms with Crippen molar-refractivity contribution in [3.05, 3.63) is 41.6 Å². The SMILES string of the molecule is Cc1cc(NC(=O)Nc2ccc(C#N)cc2)n[nH]1. The van der Waals surface area contributed by atoms with Crippen LogP contribution in [0.3, 0.4) is 0 Å². The molecule has 0 aliphatic carbocycles. The lowest BCUT2D eigenvalue weighted by atomic mass is 10.2. The summed E-state index contributed by atoms with van der Waals surface area (Å²) in [6.45, 7) is 1.84. The number of aromatic amines is 1. The van der Waals surface area contributed by atoms with E-state index in [1.165, 1.54) is 0 Å². The van der Waals surface area contributed by atoms with Gasteiger partial charge in [0.25, 0.3) is 0 Å². The van der Waals surface area contributed by atoms with Gasteiger partial charge < -0.3 is 5.32 Å². The van der Waals surface area contributed by atoms with Crippen molar-refractivity contribution < 1.29 is 4.79 Å². The molecule has 2 aromatic rings.